The highest BCUT2D eigenvalue weighted by Crippen LogP contribution is 2.21. The minimum Gasteiger partial charge on any atom is -0.449 e. The van der Waals surface area contributed by atoms with E-state index in [2.05, 4.69) is 4.72 Å². The fraction of sp³-hybridized carbons (Fsp3) is 0.222. The zero-order valence-electron chi connectivity index (χ0n) is 14.6. The highest BCUT2D eigenvalue weighted by atomic mass is 32.2. The van der Waals surface area contributed by atoms with Gasteiger partial charge in [-0.1, -0.05) is 23.8 Å². The number of hydrogen-bond acceptors (Lipinski definition) is 5. The number of carbonyl (C=O) groups excluding carboxylic acids is 2. The molecule has 2 aromatic carbocycles. The van der Waals surface area contributed by atoms with Crippen LogP contribution in [0.2, 0.25) is 0 Å². The topological polar surface area (TPSA) is 116 Å². The minimum atomic E-state index is -3.90. The summed E-state index contributed by atoms with van der Waals surface area (Å²) in [6, 6.07) is 10.7. The summed E-state index contributed by atoms with van der Waals surface area (Å²) >= 11 is 0. The number of sulfonamides is 1. The van der Waals surface area contributed by atoms with E-state index in [9.17, 15) is 18.0 Å². The first-order valence-corrected chi connectivity index (χ1v) is 9.29. The summed E-state index contributed by atoms with van der Waals surface area (Å²) in [5, 5.41) is 0. The number of nitrogens with two attached hydrogens (primary N) is 1. The van der Waals surface area contributed by atoms with E-state index in [1.807, 2.05) is 13.0 Å². The molecule has 3 N–H and O–H groups in total. The number of hydrogen-bond donors (Lipinski definition) is 2. The van der Waals surface area contributed by atoms with Crippen molar-refractivity contribution in [3.05, 3.63) is 59.2 Å². The lowest BCUT2D eigenvalue weighted by atomic mass is 10.1. The Balaban J connectivity index is 2.27. The van der Waals surface area contributed by atoms with Gasteiger partial charge in [-0.3, -0.25) is 9.52 Å². The second-order valence-corrected chi connectivity index (χ2v) is 7.58. The van der Waals surface area contributed by atoms with Gasteiger partial charge in [0.05, 0.1) is 16.1 Å². The van der Waals surface area contributed by atoms with E-state index in [0.717, 1.165) is 11.1 Å². The van der Waals surface area contributed by atoms with Crippen molar-refractivity contribution >= 4 is 27.6 Å². The summed E-state index contributed by atoms with van der Waals surface area (Å²) < 4.78 is 32.6. The Morgan fingerprint density at radius 1 is 1.12 bits per heavy atom. The van der Waals surface area contributed by atoms with Crippen LogP contribution in [0.3, 0.4) is 0 Å². The smallest absolute Gasteiger partial charge is 0.338 e. The van der Waals surface area contributed by atoms with Crippen molar-refractivity contribution in [3.63, 3.8) is 0 Å². The third-order valence-electron chi connectivity index (χ3n) is 3.69. The zero-order valence-corrected chi connectivity index (χ0v) is 15.5. The Bertz CT molecular complexity index is 954. The SMILES string of the molecule is Cc1ccc(NS(=O)(=O)c2cccc(C(=O)O[C@@H](C)C(N)=O)c2)c(C)c1. The number of esters is 1. The van der Waals surface area contributed by atoms with E-state index in [1.165, 1.54) is 31.2 Å². The molecule has 0 aliphatic carbocycles. The normalized spacial score (nSPS) is 12.3. The monoisotopic (exact) mass is 376 g/mol. The van der Waals surface area contributed by atoms with Gasteiger partial charge in [0.1, 0.15) is 0 Å². The number of benzene rings is 2. The molecule has 2 aromatic rings. The molecule has 8 heteroatoms. The number of carbonyl (C=O) groups is 2. The van der Waals surface area contributed by atoms with Crippen molar-refractivity contribution in [2.45, 2.75) is 31.8 Å². The van der Waals surface area contributed by atoms with Gasteiger partial charge in [0.25, 0.3) is 15.9 Å². The summed E-state index contributed by atoms with van der Waals surface area (Å²) in [5.74, 6) is -1.63. The number of ether oxygens (including phenoxy) is 1. The summed E-state index contributed by atoms with van der Waals surface area (Å²) in [6.45, 7) is 5.04. The van der Waals surface area contributed by atoms with Crippen LogP contribution in [0.15, 0.2) is 47.4 Å². The average molecular weight is 376 g/mol. The first kappa shape index (κ1) is 19.5. The van der Waals surface area contributed by atoms with Gasteiger partial charge in [-0.05, 0) is 50.6 Å². The molecule has 0 saturated heterocycles. The third-order valence-corrected chi connectivity index (χ3v) is 5.05. The highest BCUT2D eigenvalue weighted by molar-refractivity contribution is 7.92. The summed E-state index contributed by atoms with van der Waals surface area (Å²) in [7, 11) is -3.90. The van der Waals surface area contributed by atoms with Crippen LogP contribution in [0, 0.1) is 13.8 Å². The van der Waals surface area contributed by atoms with Gasteiger partial charge in [-0.15, -0.1) is 0 Å². The molecule has 0 bridgehead atoms. The third kappa shape index (κ3) is 4.60. The van der Waals surface area contributed by atoms with E-state index >= 15 is 0 Å². The van der Waals surface area contributed by atoms with E-state index < -0.39 is 28.0 Å². The van der Waals surface area contributed by atoms with Gasteiger partial charge in [-0.25, -0.2) is 13.2 Å². The van der Waals surface area contributed by atoms with Crippen molar-refractivity contribution < 1.29 is 22.7 Å². The van der Waals surface area contributed by atoms with Crippen LogP contribution < -0.4 is 10.5 Å². The number of aryl methyl sites for hydroxylation is 2. The molecule has 0 fully saturated rings. The largest absolute Gasteiger partial charge is 0.449 e. The van der Waals surface area contributed by atoms with Gasteiger partial charge >= 0.3 is 5.97 Å². The summed E-state index contributed by atoms with van der Waals surface area (Å²) in [5.41, 5.74) is 7.29. The second-order valence-electron chi connectivity index (χ2n) is 5.90. The van der Waals surface area contributed by atoms with Gasteiger partial charge < -0.3 is 10.5 Å². The number of primary amides is 1. The van der Waals surface area contributed by atoms with Crippen molar-refractivity contribution in [2.24, 2.45) is 5.73 Å². The molecule has 26 heavy (non-hydrogen) atoms. The van der Waals surface area contributed by atoms with Crippen LogP contribution in [-0.2, 0) is 19.6 Å². The van der Waals surface area contributed by atoms with Gasteiger partial charge in [-0.2, -0.15) is 0 Å². The van der Waals surface area contributed by atoms with Gasteiger partial charge in [0.15, 0.2) is 6.10 Å². The predicted molar refractivity (Wildman–Crippen MR) is 97.2 cm³/mol. The lowest BCUT2D eigenvalue weighted by molar-refractivity contribution is -0.125. The number of amides is 1. The molecule has 0 spiro atoms. The van der Waals surface area contributed by atoms with Gasteiger partial charge in [0, 0.05) is 0 Å². The molecule has 1 amide bonds. The molecule has 7 nitrogen and oxygen atoms in total. The predicted octanol–water partition coefficient (Wildman–Crippen LogP) is 2.13. The molecule has 0 aromatic heterocycles. The first-order chi connectivity index (χ1) is 12.1. The zero-order chi connectivity index (χ0) is 19.5. The average Bonchev–Trinajstić information content (AvgIpc) is 2.57. The maximum Gasteiger partial charge on any atom is 0.338 e. The maximum atomic E-state index is 12.6. The fourth-order valence-corrected chi connectivity index (χ4v) is 3.38. The van der Waals surface area contributed by atoms with Crippen LogP contribution >= 0.6 is 0 Å². The molecular formula is C18H20N2O5S. The molecule has 0 heterocycles. The van der Waals surface area contributed by atoms with E-state index in [0.29, 0.717) is 5.69 Å². The second kappa shape index (κ2) is 7.57. The van der Waals surface area contributed by atoms with E-state index in [1.54, 1.807) is 19.1 Å². The van der Waals surface area contributed by atoms with Gasteiger partial charge in [0.2, 0.25) is 0 Å². The minimum absolute atomic E-state index is 0.00148. The van der Waals surface area contributed by atoms with Crippen LogP contribution in [0.4, 0.5) is 5.69 Å². The Kier molecular flexibility index (Phi) is 5.66. The first-order valence-electron chi connectivity index (χ1n) is 7.80. The van der Waals surface area contributed by atoms with Crippen molar-refractivity contribution in [1.82, 2.24) is 0 Å². The number of anilines is 1. The maximum absolute atomic E-state index is 12.6. The lowest BCUT2D eigenvalue weighted by Crippen LogP contribution is -2.30. The number of nitrogens with one attached hydrogen (secondary N) is 1. The van der Waals surface area contributed by atoms with Crippen molar-refractivity contribution in [1.29, 1.82) is 0 Å². The molecule has 0 radical (unpaired) electrons. The molecule has 0 aliphatic rings. The van der Waals surface area contributed by atoms with E-state index in [-0.39, 0.29) is 10.5 Å². The summed E-state index contributed by atoms with van der Waals surface area (Å²) in [4.78, 5) is 22.9. The Morgan fingerprint density at radius 2 is 1.81 bits per heavy atom. The molecule has 138 valence electrons. The van der Waals surface area contributed by atoms with E-state index in [4.69, 9.17) is 10.5 Å². The Morgan fingerprint density at radius 3 is 2.42 bits per heavy atom. The van der Waals surface area contributed by atoms with Crippen LogP contribution in [0.1, 0.15) is 28.4 Å². The molecule has 0 saturated carbocycles. The molecule has 0 unspecified atom stereocenters. The van der Waals surface area contributed by atoms with Crippen LogP contribution in [0.5, 0.6) is 0 Å². The Hall–Kier alpha value is -2.87. The molecule has 1 atom stereocenters. The standard InChI is InChI=1S/C18H20N2O5S/c1-11-7-8-16(12(2)9-11)20-26(23,24)15-6-4-5-14(10-15)18(22)25-13(3)17(19)21/h4-10,13,20H,1-3H3,(H2,19,21)/t13-/m0/s1. The number of rotatable bonds is 6. The molecule has 0 aliphatic heterocycles. The van der Waals surface area contributed by atoms with Crippen LogP contribution in [0.25, 0.3) is 0 Å². The summed E-state index contributed by atoms with van der Waals surface area (Å²) in [6.07, 6.45) is -1.11. The quantitative estimate of drug-likeness (QED) is 0.749. The van der Waals surface area contributed by atoms with Crippen molar-refractivity contribution in [2.75, 3.05) is 4.72 Å². The Labute approximate surface area is 152 Å². The molecular weight excluding hydrogens is 356 g/mol. The lowest BCUT2D eigenvalue weighted by Gasteiger charge is -2.13. The van der Waals surface area contributed by atoms with Crippen molar-refractivity contribution in [3.8, 4) is 0 Å². The molecule has 2 rings (SSSR count). The fourth-order valence-electron chi connectivity index (χ4n) is 2.21. The highest BCUT2D eigenvalue weighted by Gasteiger charge is 2.20. The van der Waals surface area contributed by atoms with Crippen LogP contribution in [-0.4, -0.2) is 26.4 Å².